The maximum Gasteiger partial charge on any atom is 0.374 e. The molecule has 0 aliphatic heterocycles. The fraction of sp³-hybridized carbons (Fsp3) is 0. The average Bonchev–Trinajstić information content (AvgIpc) is 2.80. The molecule has 1 aromatic carbocycles. The molecule has 0 unspecified atom stereocenters. The van der Waals surface area contributed by atoms with E-state index in [0.29, 0.717) is 6.07 Å². The van der Waals surface area contributed by atoms with E-state index in [1.54, 1.807) is 0 Å². The summed E-state index contributed by atoms with van der Waals surface area (Å²) in [6, 6.07) is 1.12. The number of carboxylic acid groups (broad SMARTS) is 1. The van der Waals surface area contributed by atoms with Crippen LogP contribution >= 0.6 is 0 Å². The van der Waals surface area contributed by atoms with Gasteiger partial charge in [0, 0.05) is 11.6 Å². The van der Waals surface area contributed by atoms with E-state index < -0.39 is 46.3 Å². The van der Waals surface area contributed by atoms with Gasteiger partial charge in [-0.1, -0.05) is 5.16 Å². The molecule has 18 heavy (non-hydrogen) atoms. The maximum absolute atomic E-state index is 13.3. The van der Waals surface area contributed by atoms with Crippen LogP contribution in [0.25, 0.3) is 11.3 Å². The van der Waals surface area contributed by atoms with Gasteiger partial charge in [-0.2, -0.15) is 0 Å². The van der Waals surface area contributed by atoms with Gasteiger partial charge in [-0.3, -0.25) is 0 Å². The number of benzene rings is 1. The highest BCUT2D eigenvalue weighted by molar-refractivity contribution is 5.85. The molecule has 0 bridgehead atoms. The summed E-state index contributed by atoms with van der Waals surface area (Å²) < 4.78 is 56.2. The van der Waals surface area contributed by atoms with Gasteiger partial charge in [0.05, 0.1) is 0 Å². The molecule has 1 heterocycles. The Balaban J connectivity index is 2.60. The molecule has 0 aliphatic rings. The largest absolute Gasteiger partial charge is 0.475 e. The Morgan fingerprint density at radius 3 is 2.33 bits per heavy atom. The lowest BCUT2D eigenvalue weighted by molar-refractivity contribution is 0.0652. The molecule has 1 N–H and O–H groups in total. The number of halogens is 4. The minimum Gasteiger partial charge on any atom is -0.475 e. The fourth-order valence-corrected chi connectivity index (χ4v) is 1.26. The van der Waals surface area contributed by atoms with Crippen LogP contribution in [0.15, 0.2) is 16.7 Å². The predicted octanol–water partition coefficient (Wildman–Crippen LogP) is 2.60. The van der Waals surface area contributed by atoms with Crippen LogP contribution in [-0.4, -0.2) is 16.2 Å². The van der Waals surface area contributed by atoms with Crippen molar-refractivity contribution in [1.29, 1.82) is 0 Å². The average molecular weight is 261 g/mol. The number of carboxylic acids is 1. The summed E-state index contributed by atoms with van der Waals surface area (Å²) in [4.78, 5) is 10.5. The maximum atomic E-state index is 13.3. The topological polar surface area (TPSA) is 63.3 Å². The van der Waals surface area contributed by atoms with Crippen LogP contribution in [0.2, 0.25) is 0 Å². The molecule has 0 amide bonds. The van der Waals surface area contributed by atoms with Crippen LogP contribution < -0.4 is 0 Å². The molecule has 0 spiro atoms. The summed E-state index contributed by atoms with van der Waals surface area (Å²) >= 11 is 0. The molecule has 94 valence electrons. The third-order valence-electron chi connectivity index (χ3n) is 2.10. The summed E-state index contributed by atoms with van der Waals surface area (Å²) in [5, 5.41) is 11.7. The fourth-order valence-electron chi connectivity index (χ4n) is 1.26. The second kappa shape index (κ2) is 4.13. The van der Waals surface area contributed by atoms with Gasteiger partial charge in [0.15, 0.2) is 23.3 Å². The van der Waals surface area contributed by atoms with Gasteiger partial charge in [0.2, 0.25) is 5.76 Å². The molecule has 0 radical (unpaired) electrons. The monoisotopic (exact) mass is 261 g/mol. The summed E-state index contributed by atoms with van der Waals surface area (Å²) in [5.74, 6) is -9.40. The van der Waals surface area contributed by atoms with E-state index in [9.17, 15) is 22.4 Å². The summed E-state index contributed by atoms with van der Waals surface area (Å²) in [6.07, 6.45) is 0. The summed E-state index contributed by atoms with van der Waals surface area (Å²) in [5.41, 5.74) is -1.19. The lowest BCUT2D eigenvalue weighted by atomic mass is 10.1. The highest BCUT2D eigenvalue weighted by Crippen LogP contribution is 2.27. The second-order valence-electron chi connectivity index (χ2n) is 3.23. The van der Waals surface area contributed by atoms with Gasteiger partial charge in [-0.15, -0.1) is 0 Å². The van der Waals surface area contributed by atoms with Crippen molar-refractivity contribution in [3.05, 3.63) is 41.2 Å². The number of carbonyl (C=O) groups is 1. The summed E-state index contributed by atoms with van der Waals surface area (Å²) in [7, 11) is 0. The predicted molar refractivity (Wildman–Crippen MR) is 48.7 cm³/mol. The Kier molecular flexibility index (Phi) is 2.77. The number of nitrogens with zero attached hydrogens (tertiary/aromatic N) is 1. The first kappa shape index (κ1) is 12.1. The van der Waals surface area contributed by atoms with E-state index in [4.69, 9.17) is 5.11 Å². The number of aromatic carboxylic acids is 1. The molecule has 8 heteroatoms. The standard InChI is InChI=1S/C10H3F4NO3/c11-4-1-3(7(12)9(14)8(4)13)5-2-6(10(16)17)18-15-5/h1-2H,(H,16,17). The highest BCUT2D eigenvalue weighted by atomic mass is 19.2. The van der Waals surface area contributed by atoms with E-state index in [-0.39, 0.29) is 0 Å². The lowest BCUT2D eigenvalue weighted by Crippen LogP contribution is -1.98. The second-order valence-corrected chi connectivity index (χ2v) is 3.23. The molecule has 2 aromatic rings. The Labute approximate surface area is 96.4 Å². The van der Waals surface area contributed by atoms with Gasteiger partial charge >= 0.3 is 5.97 Å². The van der Waals surface area contributed by atoms with Crippen LogP contribution in [0.5, 0.6) is 0 Å². The number of hydrogen-bond acceptors (Lipinski definition) is 3. The third kappa shape index (κ3) is 1.81. The van der Waals surface area contributed by atoms with Gasteiger partial charge in [-0.05, 0) is 6.07 Å². The van der Waals surface area contributed by atoms with Crippen molar-refractivity contribution in [1.82, 2.24) is 5.16 Å². The van der Waals surface area contributed by atoms with Gasteiger partial charge < -0.3 is 9.63 Å². The minimum absolute atomic E-state index is 0.358. The molecule has 1 aromatic heterocycles. The number of rotatable bonds is 2. The minimum atomic E-state index is -2.01. The van der Waals surface area contributed by atoms with Crippen molar-refractivity contribution < 1.29 is 32.0 Å². The van der Waals surface area contributed by atoms with Crippen LogP contribution in [0.3, 0.4) is 0 Å². The zero-order valence-corrected chi connectivity index (χ0v) is 8.38. The van der Waals surface area contributed by atoms with Crippen molar-refractivity contribution >= 4 is 5.97 Å². The van der Waals surface area contributed by atoms with Gasteiger partial charge in [0.25, 0.3) is 0 Å². The van der Waals surface area contributed by atoms with E-state index >= 15 is 0 Å². The van der Waals surface area contributed by atoms with E-state index in [0.717, 1.165) is 6.07 Å². The van der Waals surface area contributed by atoms with Crippen molar-refractivity contribution in [2.24, 2.45) is 0 Å². The van der Waals surface area contributed by atoms with Crippen LogP contribution in [0, 0.1) is 23.3 Å². The number of hydrogen-bond donors (Lipinski definition) is 1. The smallest absolute Gasteiger partial charge is 0.374 e. The first-order valence-electron chi connectivity index (χ1n) is 4.45. The first-order valence-corrected chi connectivity index (χ1v) is 4.45. The van der Waals surface area contributed by atoms with Crippen molar-refractivity contribution in [3.63, 3.8) is 0 Å². The molecular formula is C10H3F4NO3. The van der Waals surface area contributed by atoms with Crippen molar-refractivity contribution in [2.75, 3.05) is 0 Å². The van der Waals surface area contributed by atoms with Gasteiger partial charge in [-0.25, -0.2) is 22.4 Å². The molecular weight excluding hydrogens is 258 g/mol. The molecule has 2 rings (SSSR count). The third-order valence-corrected chi connectivity index (χ3v) is 2.10. The van der Waals surface area contributed by atoms with Crippen LogP contribution in [0.4, 0.5) is 17.6 Å². The SMILES string of the molecule is O=C(O)c1cc(-c2cc(F)c(F)c(F)c2F)no1. The molecule has 0 aliphatic carbocycles. The number of aromatic nitrogens is 1. The highest BCUT2D eigenvalue weighted by Gasteiger charge is 2.22. The molecule has 0 fully saturated rings. The normalized spacial score (nSPS) is 10.7. The molecule has 0 saturated carbocycles. The quantitative estimate of drug-likeness (QED) is 0.512. The molecule has 4 nitrogen and oxygen atoms in total. The van der Waals surface area contributed by atoms with E-state index in [1.165, 1.54) is 0 Å². The Bertz CT molecular complexity index is 638. The first-order chi connectivity index (χ1) is 8.41. The van der Waals surface area contributed by atoms with Crippen LogP contribution in [-0.2, 0) is 0 Å². The van der Waals surface area contributed by atoms with Gasteiger partial charge in [0.1, 0.15) is 5.69 Å². The van der Waals surface area contributed by atoms with Crippen molar-refractivity contribution in [3.8, 4) is 11.3 Å². The Hall–Kier alpha value is -2.38. The lowest BCUT2D eigenvalue weighted by Gasteiger charge is -2.01. The molecule has 0 atom stereocenters. The zero-order valence-electron chi connectivity index (χ0n) is 8.38. The Morgan fingerprint density at radius 1 is 1.11 bits per heavy atom. The zero-order chi connectivity index (χ0) is 13.4. The van der Waals surface area contributed by atoms with Crippen molar-refractivity contribution in [2.45, 2.75) is 0 Å². The summed E-state index contributed by atoms with van der Waals surface area (Å²) in [6.45, 7) is 0. The van der Waals surface area contributed by atoms with E-state index in [1.807, 2.05) is 0 Å². The van der Waals surface area contributed by atoms with Crippen LogP contribution in [0.1, 0.15) is 10.6 Å². The Morgan fingerprint density at radius 2 is 1.78 bits per heavy atom. The van der Waals surface area contributed by atoms with E-state index in [2.05, 4.69) is 9.68 Å². The molecule has 0 saturated heterocycles.